The fourth-order valence-electron chi connectivity index (χ4n) is 2.54. The van der Waals surface area contributed by atoms with Gasteiger partial charge in [-0.15, -0.1) is 0 Å². The van der Waals surface area contributed by atoms with Crippen LogP contribution in [0.15, 0.2) is 27.7 Å². The van der Waals surface area contributed by atoms with Crippen LogP contribution >= 0.6 is 0 Å². The summed E-state index contributed by atoms with van der Waals surface area (Å²) in [5.74, 6) is 2.77. The first kappa shape index (κ1) is 20.7. The number of aromatic nitrogens is 2. The highest BCUT2D eigenvalue weighted by Gasteiger charge is 2.07. The summed E-state index contributed by atoms with van der Waals surface area (Å²) in [6.07, 6.45) is 3.44. The third-order valence-corrected chi connectivity index (χ3v) is 3.96. The van der Waals surface area contributed by atoms with E-state index in [1.807, 2.05) is 6.92 Å². The van der Waals surface area contributed by atoms with Gasteiger partial charge in [0.2, 0.25) is 5.89 Å². The van der Waals surface area contributed by atoms with Crippen LogP contribution in [0.1, 0.15) is 56.0 Å². The Morgan fingerprint density at radius 1 is 1.19 bits per heavy atom. The highest BCUT2D eigenvalue weighted by atomic mass is 16.5. The fourth-order valence-corrected chi connectivity index (χ4v) is 2.54. The Morgan fingerprint density at radius 3 is 2.74 bits per heavy atom. The highest BCUT2D eigenvalue weighted by molar-refractivity contribution is 5.79. The van der Waals surface area contributed by atoms with Crippen LogP contribution in [-0.4, -0.2) is 29.3 Å². The van der Waals surface area contributed by atoms with Crippen molar-refractivity contribution >= 4 is 5.96 Å². The zero-order valence-electron chi connectivity index (χ0n) is 16.8. The summed E-state index contributed by atoms with van der Waals surface area (Å²) in [7, 11) is 0. The van der Waals surface area contributed by atoms with E-state index in [4.69, 9.17) is 9.26 Å². The lowest BCUT2D eigenvalue weighted by Gasteiger charge is -2.13. The second-order valence-electron chi connectivity index (χ2n) is 6.45. The molecule has 0 atom stereocenters. The van der Waals surface area contributed by atoms with Crippen molar-refractivity contribution in [2.45, 2.75) is 60.0 Å². The van der Waals surface area contributed by atoms with Crippen molar-refractivity contribution in [3.05, 3.63) is 41.0 Å². The van der Waals surface area contributed by atoms with Crippen molar-refractivity contribution in [3.63, 3.8) is 0 Å². The van der Waals surface area contributed by atoms with Crippen molar-refractivity contribution in [1.29, 1.82) is 0 Å². The van der Waals surface area contributed by atoms with Crippen molar-refractivity contribution in [2.75, 3.05) is 13.2 Å². The molecule has 0 aliphatic heterocycles. The number of hydrogen-bond donors (Lipinski definition) is 2. The van der Waals surface area contributed by atoms with E-state index in [9.17, 15) is 0 Å². The summed E-state index contributed by atoms with van der Waals surface area (Å²) in [5.41, 5.74) is 2.26. The Labute approximate surface area is 161 Å². The van der Waals surface area contributed by atoms with Gasteiger partial charge in [0.1, 0.15) is 5.75 Å². The maximum Gasteiger partial charge on any atom is 0.246 e. The first-order valence-electron chi connectivity index (χ1n) is 9.66. The van der Waals surface area contributed by atoms with Gasteiger partial charge in [0, 0.05) is 12.1 Å². The molecule has 2 rings (SSSR count). The summed E-state index contributed by atoms with van der Waals surface area (Å²) in [5, 5.41) is 10.2. The lowest BCUT2D eigenvalue weighted by Crippen LogP contribution is -2.36. The van der Waals surface area contributed by atoms with Gasteiger partial charge in [-0.3, -0.25) is 0 Å². The number of unbranched alkanes of at least 4 members (excludes halogenated alkanes) is 2. The number of rotatable bonds is 10. The van der Waals surface area contributed by atoms with Crippen LogP contribution in [-0.2, 0) is 13.1 Å². The van der Waals surface area contributed by atoms with Crippen LogP contribution in [0, 0.1) is 13.8 Å². The monoisotopic (exact) mass is 373 g/mol. The second-order valence-corrected chi connectivity index (χ2v) is 6.45. The predicted molar refractivity (Wildman–Crippen MR) is 107 cm³/mol. The summed E-state index contributed by atoms with van der Waals surface area (Å²) >= 11 is 0. The second kappa shape index (κ2) is 11.2. The van der Waals surface area contributed by atoms with Gasteiger partial charge in [0.15, 0.2) is 11.8 Å². The molecule has 7 heteroatoms. The molecule has 0 radical (unpaired) electrons. The Bertz CT molecular complexity index is 727. The minimum absolute atomic E-state index is 0.431. The SMILES string of the molecule is CCCCCOc1cc(C)ccc1CN=C(NCC)NCc1nc(C)no1. The van der Waals surface area contributed by atoms with Crippen LogP contribution in [0.25, 0.3) is 0 Å². The van der Waals surface area contributed by atoms with Crippen LogP contribution in [0.5, 0.6) is 5.75 Å². The first-order valence-corrected chi connectivity index (χ1v) is 9.66. The number of guanidine groups is 1. The lowest BCUT2D eigenvalue weighted by molar-refractivity contribution is 0.303. The van der Waals surface area contributed by atoms with Crippen molar-refractivity contribution in [3.8, 4) is 5.75 Å². The zero-order valence-corrected chi connectivity index (χ0v) is 16.8. The molecule has 0 fully saturated rings. The minimum Gasteiger partial charge on any atom is -0.493 e. The molecule has 1 heterocycles. The summed E-state index contributed by atoms with van der Waals surface area (Å²) in [6, 6.07) is 6.25. The Kier molecular flexibility index (Phi) is 8.61. The highest BCUT2D eigenvalue weighted by Crippen LogP contribution is 2.21. The molecule has 2 N–H and O–H groups in total. The van der Waals surface area contributed by atoms with E-state index >= 15 is 0 Å². The Hall–Kier alpha value is -2.57. The maximum atomic E-state index is 6.00. The molecule has 1 aromatic heterocycles. The molecule has 0 unspecified atom stereocenters. The molecule has 27 heavy (non-hydrogen) atoms. The van der Waals surface area contributed by atoms with E-state index in [0.717, 1.165) is 30.9 Å². The summed E-state index contributed by atoms with van der Waals surface area (Å²) in [6.45, 7) is 10.6. The first-order chi connectivity index (χ1) is 13.1. The smallest absolute Gasteiger partial charge is 0.246 e. The average Bonchev–Trinajstić information content (AvgIpc) is 3.07. The molecule has 1 aromatic carbocycles. The van der Waals surface area contributed by atoms with Crippen molar-refractivity contribution in [1.82, 2.24) is 20.8 Å². The van der Waals surface area contributed by atoms with Gasteiger partial charge in [-0.1, -0.05) is 37.1 Å². The number of nitrogens with one attached hydrogen (secondary N) is 2. The molecule has 0 amide bonds. The van der Waals surface area contributed by atoms with E-state index in [0.29, 0.717) is 30.8 Å². The van der Waals surface area contributed by atoms with Gasteiger partial charge in [-0.05, 0) is 38.8 Å². The average molecular weight is 374 g/mol. The molecule has 0 saturated heterocycles. The maximum absolute atomic E-state index is 6.00. The van der Waals surface area contributed by atoms with E-state index in [2.05, 4.69) is 57.8 Å². The summed E-state index contributed by atoms with van der Waals surface area (Å²) < 4.78 is 11.1. The lowest BCUT2D eigenvalue weighted by atomic mass is 10.1. The third-order valence-electron chi connectivity index (χ3n) is 3.96. The number of ether oxygens (including phenoxy) is 1. The quantitative estimate of drug-likeness (QED) is 0.377. The Morgan fingerprint density at radius 2 is 2.04 bits per heavy atom. The van der Waals surface area contributed by atoms with Gasteiger partial charge in [0.25, 0.3) is 0 Å². The van der Waals surface area contributed by atoms with Crippen LogP contribution < -0.4 is 15.4 Å². The topological polar surface area (TPSA) is 84.6 Å². The molecule has 0 aliphatic rings. The number of aliphatic imine (C=N–C) groups is 1. The van der Waals surface area contributed by atoms with Gasteiger partial charge in [0.05, 0.1) is 19.7 Å². The van der Waals surface area contributed by atoms with Crippen molar-refractivity contribution < 1.29 is 9.26 Å². The molecular weight excluding hydrogens is 342 g/mol. The van der Waals surface area contributed by atoms with E-state index in [1.54, 1.807) is 6.92 Å². The van der Waals surface area contributed by atoms with Gasteiger partial charge in [-0.2, -0.15) is 4.98 Å². The molecule has 0 saturated carbocycles. The number of nitrogens with zero attached hydrogens (tertiary/aromatic N) is 3. The predicted octanol–water partition coefficient (Wildman–Crippen LogP) is 3.51. The zero-order chi connectivity index (χ0) is 19.5. The van der Waals surface area contributed by atoms with Gasteiger partial charge < -0.3 is 19.9 Å². The van der Waals surface area contributed by atoms with Crippen LogP contribution in [0.2, 0.25) is 0 Å². The molecule has 7 nitrogen and oxygen atoms in total. The summed E-state index contributed by atoms with van der Waals surface area (Å²) in [4.78, 5) is 8.86. The number of aryl methyl sites for hydroxylation is 2. The molecule has 0 bridgehead atoms. The third kappa shape index (κ3) is 7.29. The van der Waals surface area contributed by atoms with Gasteiger partial charge >= 0.3 is 0 Å². The van der Waals surface area contributed by atoms with Crippen LogP contribution in [0.3, 0.4) is 0 Å². The number of benzene rings is 1. The fraction of sp³-hybridized carbons (Fsp3) is 0.550. The number of hydrogen-bond acceptors (Lipinski definition) is 5. The molecule has 0 aliphatic carbocycles. The van der Waals surface area contributed by atoms with E-state index in [-0.39, 0.29) is 0 Å². The molecule has 148 valence electrons. The van der Waals surface area contributed by atoms with E-state index in [1.165, 1.54) is 18.4 Å². The van der Waals surface area contributed by atoms with Gasteiger partial charge in [-0.25, -0.2) is 4.99 Å². The molecule has 0 spiro atoms. The van der Waals surface area contributed by atoms with E-state index < -0.39 is 0 Å². The minimum atomic E-state index is 0.431. The largest absolute Gasteiger partial charge is 0.493 e. The van der Waals surface area contributed by atoms with Crippen molar-refractivity contribution in [2.24, 2.45) is 4.99 Å². The Balaban J connectivity index is 2.00. The normalized spacial score (nSPS) is 11.5. The molecule has 2 aromatic rings. The standard InChI is InChI=1S/C20H31N5O2/c1-5-7-8-11-26-18-12-15(3)9-10-17(18)13-22-20(21-6-2)23-14-19-24-16(4)25-27-19/h9-10,12H,5-8,11,13-14H2,1-4H3,(H2,21,22,23). The van der Waals surface area contributed by atoms with Crippen LogP contribution in [0.4, 0.5) is 0 Å². The molecular formula is C20H31N5O2.